The van der Waals surface area contributed by atoms with Crippen LogP contribution < -0.4 is 56.3 Å². The van der Waals surface area contributed by atoms with Gasteiger partial charge in [0, 0.05) is 0 Å². The zero-order chi connectivity index (χ0) is 5.91. The Hall–Kier alpha value is 2.33. The zero-order valence-corrected chi connectivity index (χ0v) is 9.37. The first kappa shape index (κ1) is 13.0. The van der Waals surface area contributed by atoms with E-state index < -0.39 is 7.82 Å². The van der Waals surface area contributed by atoms with Crippen molar-refractivity contribution in [2.24, 2.45) is 0 Å². The van der Waals surface area contributed by atoms with Crippen molar-refractivity contribution in [3.8, 4) is 0 Å². The Morgan fingerprint density at radius 2 is 1.62 bits per heavy atom. The molecule has 0 aromatic heterocycles. The van der Waals surface area contributed by atoms with Crippen molar-refractivity contribution in [1.29, 1.82) is 0 Å². The van der Waals surface area contributed by atoms with E-state index in [1.807, 2.05) is 0 Å². The first-order valence-corrected chi connectivity index (χ1v) is 3.12. The average molecular weight is 205 g/mol. The molecule has 0 aromatic carbocycles. The predicted octanol–water partition coefficient (Wildman–Crippen LogP) is -2.20. The van der Waals surface area contributed by atoms with Gasteiger partial charge in [0.25, 0.3) is 0 Å². The van der Waals surface area contributed by atoms with Crippen LogP contribution in [0.3, 0.4) is 0 Å². The molecule has 44 valence electrons. The van der Waals surface area contributed by atoms with Crippen LogP contribution in [0.5, 0.6) is 0 Å². The first-order valence-electron chi connectivity index (χ1n) is 1.04. The third-order valence-corrected chi connectivity index (χ3v) is 1.52. The molecule has 0 heterocycles. The topological polar surface area (TPSA) is 58.6 Å². The fraction of sp³-hybridized carbons (Fsp3) is 0. The molecular weight excluding hydrogens is 205 g/mol. The van der Waals surface area contributed by atoms with Gasteiger partial charge in [-0.05, 0) is 0 Å². The molecule has 4 nitrogen and oxygen atoms in total. The van der Waals surface area contributed by atoms with Crippen LogP contribution in [0.1, 0.15) is 0 Å². The van der Waals surface area contributed by atoms with Crippen molar-refractivity contribution >= 4 is 31.6 Å². The van der Waals surface area contributed by atoms with E-state index in [0.29, 0.717) is 0 Å². The van der Waals surface area contributed by atoms with Crippen molar-refractivity contribution in [3.05, 3.63) is 0 Å². The third-order valence-electron chi connectivity index (χ3n) is 0.169. The maximum Gasteiger partial charge on any atom is 1.00 e. The molecule has 0 spiro atoms. The molecular formula is Cl2KO4P. The fourth-order valence-corrected chi connectivity index (χ4v) is 0.287. The Morgan fingerprint density at radius 3 is 1.62 bits per heavy atom. The van der Waals surface area contributed by atoms with Crippen molar-refractivity contribution in [2.75, 3.05) is 0 Å². The van der Waals surface area contributed by atoms with Crippen LogP contribution in [0.15, 0.2) is 0 Å². The molecule has 0 unspecified atom stereocenters. The van der Waals surface area contributed by atoms with Crippen LogP contribution in [0.4, 0.5) is 0 Å². The molecule has 8 heteroatoms. The maximum absolute atomic E-state index is 9.69. The maximum atomic E-state index is 9.69. The molecule has 0 aliphatic heterocycles. The van der Waals surface area contributed by atoms with Gasteiger partial charge in [0.1, 0.15) is 0 Å². The second kappa shape index (κ2) is 6.06. The minimum atomic E-state index is -4.37. The second-order valence-corrected chi connectivity index (χ2v) is 2.58. The van der Waals surface area contributed by atoms with Gasteiger partial charge in [-0.15, -0.1) is 0 Å². The molecule has 0 fully saturated rings. The molecule has 0 amide bonds. The summed E-state index contributed by atoms with van der Waals surface area (Å²) in [5.74, 6) is 0. The molecule has 0 aliphatic carbocycles. The standard InChI is InChI=1S/Cl2HO4P.K/c1-5-7(3,4)6-2;/h(H,3,4);/q;+1/p-1. The summed E-state index contributed by atoms with van der Waals surface area (Å²) in [7, 11) is -4.37. The molecule has 0 aromatic rings. The molecule has 0 aliphatic rings. The van der Waals surface area contributed by atoms with Gasteiger partial charge in [0.2, 0.25) is 0 Å². The number of phosphoric acid groups is 1. The zero-order valence-electron chi connectivity index (χ0n) is 3.84. The normalized spacial score (nSPS) is 10.4. The molecule has 0 atom stereocenters. The summed E-state index contributed by atoms with van der Waals surface area (Å²) in [6.07, 6.45) is 0. The number of rotatable bonds is 2. The van der Waals surface area contributed by atoms with Crippen molar-refractivity contribution in [3.63, 3.8) is 0 Å². The van der Waals surface area contributed by atoms with Crippen molar-refractivity contribution < 1.29 is 69.0 Å². The first-order chi connectivity index (χ1) is 3.12. The summed E-state index contributed by atoms with van der Waals surface area (Å²) in [6.45, 7) is 0. The van der Waals surface area contributed by atoms with Gasteiger partial charge in [-0.3, -0.25) is 4.57 Å². The van der Waals surface area contributed by atoms with Crippen molar-refractivity contribution in [1.82, 2.24) is 0 Å². The van der Waals surface area contributed by atoms with E-state index in [9.17, 15) is 9.46 Å². The smallest absolute Gasteiger partial charge is 0.754 e. The van der Waals surface area contributed by atoms with Gasteiger partial charge in [-0.1, -0.05) is 0 Å². The third kappa shape index (κ3) is 6.45. The summed E-state index contributed by atoms with van der Waals surface area (Å²) < 4.78 is 16.1. The van der Waals surface area contributed by atoms with Gasteiger partial charge in [0.05, 0.1) is 23.7 Å². The van der Waals surface area contributed by atoms with Crippen LogP contribution in [0.2, 0.25) is 0 Å². The van der Waals surface area contributed by atoms with Crippen LogP contribution >= 0.6 is 31.6 Å². The number of hydrogen-bond donors (Lipinski definition) is 0. The minimum absolute atomic E-state index is 0. The van der Waals surface area contributed by atoms with Gasteiger partial charge in [-0.2, -0.15) is 0 Å². The Morgan fingerprint density at radius 1 is 1.38 bits per heavy atom. The Bertz CT molecular complexity index is 86.0. The Kier molecular flexibility index (Phi) is 9.82. The Balaban J connectivity index is 0. The van der Waals surface area contributed by atoms with Crippen LogP contribution in [-0.4, -0.2) is 0 Å². The summed E-state index contributed by atoms with van der Waals surface area (Å²) >= 11 is 8.62. The monoisotopic (exact) mass is 204 g/mol. The van der Waals surface area contributed by atoms with Crippen LogP contribution in [-0.2, 0) is 12.7 Å². The van der Waals surface area contributed by atoms with Crippen LogP contribution in [0.25, 0.3) is 0 Å². The largest absolute Gasteiger partial charge is 1.00 e. The summed E-state index contributed by atoms with van der Waals surface area (Å²) in [5, 5.41) is 0. The molecule has 0 N–H and O–H groups in total. The molecule has 8 heavy (non-hydrogen) atoms. The van der Waals surface area contributed by atoms with E-state index in [1.54, 1.807) is 0 Å². The quantitative estimate of drug-likeness (QED) is 0.379. The van der Waals surface area contributed by atoms with E-state index in [4.69, 9.17) is 0 Å². The summed E-state index contributed by atoms with van der Waals surface area (Å²) in [6, 6.07) is 0. The van der Waals surface area contributed by atoms with Crippen molar-refractivity contribution in [2.45, 2.75) is 0 Å². The molecule has 0 saturated heterocycles. The predicted molar refractivity (Wildman–Crippen MR) is 21.5 cm³/mol. The molecule has 0 rings (SSSR count). The fourth-order valence-electron chi connectivity index (χ4n) is 0.0106. The minimum Gasteiger partial charge on any atom is -0.754 e. The average Bonchev–Trinajstić information content (AvgIpc) is 1.68. The molecule has 0 bridgehead atoms. The van der Waals surface area contributed by atoms with E-state index >= 15 is 0 Å². The van der Waals surface area contributed by atoms with Gasteiger partial charge < -0.3 is 4.89 Å². The molecule has 0 saturated carbocycles. The summed E-state index contributed by atoms with van der Waals surface area (Å²) in [5.41, 5.74) is 0. The SMILES string of the molecule is O=P([O-])(OCl)OCl.[K+]. The van der Waals surface area contributed by atoms with Gasteiger partial charge in [0.15, 0.2) is 0 Å². The second-order valence-electron chi connectivity index (χ2n) is 0.585. The van der Waals surface area contributed by atoms with Crippen LogP contribution in [0, 0.1) is 0 Å². The molecule has 0 radical (unpaired) electrons. The summed E-state index contributed by atoms with van der Waals surface area (Å²) in [4.78, 5) is 9.69. The van der Waals surface area contributed by atoms with E-state index in [1.165, 1.54) is 0 Å². The number of halogens is 2. The Labute approximate surface area is 98.8 Å². The number of hydrogen-bond acceptors (Lipinski definition) is 4. The van der Waals surface area contributed by atoms with E-state index in [0.717, 1.165) is 0 Å². The van der Waals surface area contributed by atoms with E-state index in [-0.39, 0.29) is 51.4 Å². The van der Waals surface area contributed by atoms with E-state index in [2.05, 4.69) is 31.9 Å². The van der Waals surface area contributed by atoms with Gasteiger partial charge >= 0.3 is 59.2 Å². The van der Waals surface area contributed by atoms with Gasteiger partial charge in [-0.25, -0.2) is 8.15 Å².